The Balaban J connectivity index is 1.80. The largest absolute Gasteiger partial charge is 0.508 e. The molecule has 0 bridgehead atoms. The predicted molar refractivity (Wildman–Crippen MR) is 119 cm³/mol. The van der Waals surface area contributed by atoms with Gasteiger partial charge in [0.1, 0.15) is 11.8 Å². The van der Waals surface area contributed by atoms with E-state index >= 15 is 0 Å². The Morgan fingerprint density at radius 2 is 2.03 bits per heavy atom. The minimum absolute atomic E-state index is 0.0944. The van der Waals surface area contributed by atoms with Gasteiger partial charge in [0.25, 0.3) is 0 Å². The number of aromatic nitrogens is 3. The van der Waals surface area contributed by atoms with Crippen LogP contribution in [0, 0.1) is 5.41 Å². The van der Waals surface area contributed by atoms with Crippen molar-refractivity contribution in [1.82, 2.24) is 14.8 Å². The Bertz CT molecular complexity index is 1210. The van der Waals surface area contributed by atoms with E-state index in [1.165, 1.54) is 0 Å². The number of hydrogen-bond donors (Lipinski definition) is 2. The fourth-order valence-electron chi connectivity index (χ4n) is 4.62. The van der Waals surface area contributed by atoms with Crippen LogP contribution in [0.2, 0.25) is 0 Å². The fraction of sp³-hybridized carbons (Fsp3) is 0.348. The Morgan fingerprint density at radius 3 is 2.83 bits per heavy atom. The summed E-state index contributed by atoms with van der Waals surface area (Å²) >= 11 is 1.56. The summed E-state index contributed by atoms with van der Waals surface area (Å²) in [6.45, 7) is 6.28. The zero-order chi connectivity index (χ0) is 21.0. The third kappa shape index (κ3) is 2.99. The number of benzene rings is 2. The molecule has 6 nitrogen and oxygen atoms in total. The predicted octanol–water partition coefficient (Wildman–Crippen LogP) is 4.91. The van der Waals surface area contributed by atoms with Gasteiger partial charge in [-0.05, 0) is 34.4 Å². The molecule has 0 amide bonds. The van der Waals surface area contributed by atoms with E-state index in [1.807, 2.05) is 30.3 Å². The van der Waals surface area contributed by atoms with Crippen LogP contribution in [0.5, 0.6) is 5.75 Å². The lowest BCUT2D eigenvalue weighted by Crippen LogP contribution is -2.36. The Hall–Kier alpha value is -2.80. The summed E-state index contributed by atoms with van der Waals surface area (Å²) in [7, 11) is 0. The molecule has 3 aromatic rings. The van der Waals surface area contributed by atoms with E-state index in [-0.39, 0.29) is 16.9 Å². The van der Waals surface area contributed by atoms with Crippen molar-refractivity contribution in [3.05, 3.63) is 53.2 Å². The van der Waals surface area contributed by atoms with Gasteiger partial charge in [-0.2, -0.15) is 4.98 Å². The van der Waals surface area contributed by atoms with Crippen LogP contribution in [0.3, 0.4) is 0 Å². The van der Waals surface area contributed by atoms with E-state index in [4.69, 9.17) is 5.10 Å². The molecule has 1 aliphatic heterocycles. The van der Waals surface area contributed by atoms with E-state index in [1.54, 1.807) is 22.5 Å². The third-order valence-electron chi connectivity index (χ3n) is 5.81. The number of nitrogens with one attached hydrogen (secondary N) is 1. The van der Waals surface area contributed by atoms with Crippen molar-refractivity contribution in [3.8, 4) is 5.75 Å². The molecule has 2 N–H and O–H groups in total. The molecular weight excluding hydrogens is 396 g/mol. The van der Waals surface area contributed by atoms with Crippen LogP contribution in [-0.2, 0) is 4.79 Å². The molecule has 30 heavy (non-hydrogen) atoms. The van der Waals surface area contributed by atoms with Gasteiger partial charge >= 0.3 is 0 Å². The number of phenols is 1. The number of anilines is 1. The second-order valence-electron chi connectivity index (χ2n) is 8.68. The van der Waals surface area contributed by atoms with Gasteiger partial charge in [0.15, 0.2) is 5.78 Å². The number of nitrogens with zero attached hydrogens (tertiary/aromatic N) is 3. The maximum atomic E-state index is 13.4. The number of carbonyl (C=O) groups excluding carboxylic acids is 1. The zero-order valence-corrected chi connectivity index (χ0v) is 18.1. The second kappa shape index (κ2) is 6.87. The summed E-state index contributed by atoms with van der Waals surface area (Å²) in [6, 6.07) is 11.0. The number of hydrogen-bond acceptors (Lipinski definition) is 6. The lowest BCUT2D eigenvalue weighted by Gasteiger charge is -2.38. The van der Waals surface area contributed by atoms with Gasteiger partial charge in [-0.1, -0.05) is 62.9 Å². The van der Waals surface area contributed by atoms with E-state index in [2.05, 4.69) is 31.1 Å². The van der Waals surface area contributed by atoms with E-state index in [0.717, 1.165) is 28.6 Å². The summed E-state index contributed by atoms with van der Waals surface area (Å²) in [4.78, 5) is 18.0. The molecule has 154 valence electrons. The average molecular weight is 421 g/mol. The number of ketones is 1. The summed E-state index contributed by atoms with van der Waals surface area (Å²) in [5.41, 5.74) is 2.15. The highest BCUT2D eigenvalue weighted by molar-refractivity contribution is 7.99. The molecule has 0 saturated carbocycles. The quantitative estimate of drug-likeness (QED) is 0.586. The van der Waals surface area contributed by atoms with E-state index in [9.17, 15) is 9.90 Å². The summed E-state index contributed by atoms with van der Waals surface area (Å²) < 4.78 is 1.77. The monoisotopic (exact) mass is 420 g/mol. The van der Waals surface area contributed by atoms with Crippen LogP contribution in [0.1, 0.15) is 45.2 Å². The first-order chi connectivity index (χ1) is 14.4. The van der Waals surface area contributed by atoms with Gasteiger partial charge < -0.3 is 10.4 Å². The number of thioether (sulfide) groups is 1. The lowest BCUT2D eigenvalue weighted by atomic mass is 9.72. The number of rotatable bonds is 3. The molecule has 1 aromatic heterocycles. The number of fused-ring (bicyclic) bond motifs is 2. The number of allylic oxidation sites excluding steroid dienone is 2. The van der Waals surface area contributed by atoms with Crippen LogP contribution in [0.4, 0.5) is 5.95 Å². The van der Waals surface area contributed by atoms with Crippen molar-refractivity contribution >= 4 is 34.3 Å². The number of carbonyl (C=O) groups is 1. The van der Waals surface area contributed by atoms with E-state index in [0.29, 0.717) is 28.7 Å². The zero-order valence-electron chi connectivity index (χ0n) is 17.3. The van der Waals surface area contributed by atoms with Crippen molar-refractivity contribution in [2.75, 3.05) is 11.1 Å². The lowest BCUT2D eigenvalue weighted by molar-refractivity contribution is -0.118. The van der Waals surface area contributed by atoms with Gasteiger partial charge in [0, 0.05) is 23.3 Å². The second-order valence-corrected chi connectivity index (χ2v) is 9.91. The van der Waals surface area contributed by atoms with Crippen LogP contribution in [0.25, 0.3) is 10.8 Å². The van der Waals surface area contributed by atoms with Crippen LogP contribution in [0.15, 0.2) is 52.8 Å². The first-order valence-corrected chi connectivity index (χ1v) is 11.2. The molecule has 7 heteroatoms. The topological polar surface area (TPSA) is 80.0 Å². The molecule has 0 saturated heterocycles. The van der Waals surface area contributed by atoms with Gasteiger partial charge in [0.05, 0.1) is 0 Å². The molecule has 2 aliphatic rings. The highest BCUT2D eigenvalue weighted by Crippen LogP contribution is 2.48. The molecule has 5 rings (SSSR count). The summed E-state index contributed by atoms with van der Waals surface area (Å²) in [6.07, 6.45) is 1.22. The molecular formula is C23H24N4O2S. The van der Waals surface area contributed by atoms with E-state index < -0.39 is 6.04 Å². The fourth-order valence-corrected chi connectivity index (χ4v) is 5.17. The SMILES string of the molecule is CCSc1nc2n(n1)C(c1c(O)ccc3ccccc13)C1=C(CC(C)(C)CC1=O)N2. The highest BCUT2D eigenvalue weighted by atomic mass is 32.2. The average Bonchev–Trinajstić information content (AvgIpc) is 3.08. The molecule has 0 spiro atoms. The molecule has 1 aliphatic carbocycles. The van der Waals surface area contributed by atoms with Crippen molar-refractivity contribution < 1.29 is 9.90 Å². The van der Waals surface area contributed by atoms with Crippen LogP contribution < -0.4 is 5.32 Å². The van der Waals surface area contributed by atoms with Crippen molar-refractivity contribution in [2.24, 2.45) is 5.41 Å². The standard InChI is InChI=1S/C23H24N4O2S/c1-4-30-22-25-21-24-15-11-23(2,3)12-17(29)19(15)20(27(21)26-22)18-14-8-6-5-7-13(14)9-10-16(18)28/h5-10,20,28H,4,11-12H2,1-3H3,(H,24,25,26). The van der Waals surface area contributed by atoms with Crippen molar-refractivity contribution in [2.45, 2.75) is 44.8 Å². The van der Waals surface area contributed by atoms with Crippen LogP contribution >= 0.6 is 11.8 Å². The van der Waals surface area contributed by atoms with Gasteiger partial charge in [-0.25, -0.2) is 4.68 Å². The number of aromatic hydroxyl groups is 1. The molecule has 1 atom stereocenters. The first-order valence-electron chi connectivity index (χ1n) is 10.2. The van der Waals surface area contributed by atoms with Crippen molar-refractivity contribution in [3.63, 3.8) is 0 Å². The molecule has 2 aromatic carbocycles. The molecule has 0 radical (unpaired) electrons. The highest BCUT2D eigenvalue weighted by Gasteiger charge is 2.43. The summed E-state index contributed by atoms with van der Waals surface area (Å²) in [5, 5.41) is 21.6. The van der Waals surface area contributed by atoms with Gasteiger partial charge in [0.2, 0.25) is 11.1 Å². The molecule has 1 unspecified atom stereocenters. The van der Waals surface area contributed by atoms with Gasteiger partial charge in [-0.15, -0.1) is 5.10 Å². The third-order valence-corrected chi connectivity index (χ3v) is 6.53. The number of Topliss-reactive ketones (excluding diaryl/α,β-unsaturated/α-hetero) is 1. The Labute approximate surface area is 179 Å². The maximum absolute atomic E-state index is 13.4. The molecule has 0 fully saturated rings. The normalized spacial score (nSPS) is 20.1. The first kappa shape index (κ1) is 19.2. The smallest absolute Gasteiger partial charge is 0.227 e. The minimum atomic E-state index is -0.510. The van der Waals surface area contributed by atoms with Gasteiger partial charge in [-0.3, -0.25) is 4.79 Å². The maximum Gasteiger partial charge on any atom is 0.227 e. The number of phenolic OH excluding ortho intramolecular Hbond substituents is 1. The van der Waals surface area contributed by atoms with Crippen molar-refractivity contribution in [1.29, 1.82) is 0 Å². The minimum Gasteiger partial charge on any atom is -0.508 e. The summed E-state index contributed by atoms with van der Waals surface area (Å²) in [5.74, 6) is 1.73. The molecule has 2 heterocycles. The van der Waals surface area contributed by atoms with Crippen LogP contribution in [-0.4, -0.2) is 31.4 Å². The Morgan fingerprint density at radius 1 is 1.23 bits per heavy atom. The Kier molecular flexibility index (Phi) is 4.39.